The van der Waals surface area contributed by atoms with Crippen molar-refractivity contribution in [3.63, 3.8) is 0 Å². The number of nitro groups is 1. The summed E-state index contributed by atoms with van der Waals surface area (Å²) >= 11 is 0. The second kappa shape index (κ2) is 7.23. The minimum atomic E-state index is -0.506. The topological polar surface area (TPSA) is 110 Å². The molecule has 2 aliphatic rings. The number of rotatable bonds is 5. The van der Waals surface area contributed by atoms with Crippen LogP contribution in [0.2, 0.25) is 0 Å². The molecule has 1 aliphatic carbocycles. The standard InChI is InChI=1S/C18H21N3O5/c1-11-14(7-4-8-15(11)21(25)26)19-16(22)9-10-20-17(23)12-5-2-3-6-13(12)18(20)24/h4,7-8,12-13H,2-3,5-6,9-10H2,1H3,(H,19,22)/t12-,13-/m0/s1. The Bertz CT molecular complexity index is 752. The van der Waals surface area contributed by atoms with Gasteiger partial charge in [0.15, 0.2) is 0 Å². The van der Waals surface area contributed by atoms with Crippen molar-refractivity contribution < 1.29 is 19.3 Å². The molecule has 0 unspecified atom stereocenters. The van der Waals surface area contributed by atoms with E-state index in [0.717, 1.165) is 25.7 Å². The van der Waals surface area contributed by atoms with Crippen LogP contribution < -0.4 is 5.32 Å². The zero-order valence-electron chi connectivity index (χ0n) is 14.6. The molecule has 0 spiro atoms. The van der Waals surface area contributed by atoms with E-state index in [1.807, 2.05) is 0 Å². The first kappa shape index (κ1) is 18.0. The van der Waals surface area contributed by atoms with E-state index < -0.39 is 4.92 Å². The van der Waals surface area contributed by atoms with E-state index >= 15 is 0 Å². The number of carbonyl (C=O) groups is 3. The molecule has 26 heavy (non-hydrogen) atoms. The minimum absolute atomic E-state index is 0.0287. The van der Waals surface area contributed by atoms with Gasteiger partial charge in [0.25, 0.3) is 5.69 Å². The van der Waals surface area contributed by atoms with Gasteiger partial charge >= 0.3 is 0 Å². The summed E-state index contributed by atoms with van der Waals surface area (Å²) in [6.45, 7) is 1.61. The van der Waals surface area contributed by atoms with Gasteiger partial charge in [-0.05, 0) is 25.8 Å². The summed E-state index contributed by atoms with van der Waals surface area (Å²) < 4.78 is 0. The molecule has 0 aromatic heterocycles. The average molecular weight is 359 g/mol. The number of carbonyl (C=O) groups excluding carboxylic acids is 3. The molecule has 3 amide bonds. The number of likely N-dealkylation sites (tertiary alicyclic amines) is 1. The van der Waals surface area contributed by atoms with Crippen molar-refractivity contribution in [2.24, 2.45) is 11.8 Å². The van der Waals surface area contributed by atoms with E-state index in [4.69, 9.17) is 0 Å². The van der Waals surface area contributed by atoms with Crippen molar-refractivity contribution in [1.82, 2.24) is 4.90 Å². The van der Waals surface area contributed by atoms with Crippen molar-refractivity contribution in [1.29, 1.82) is 0 Å². The summed E-state index contributed by atoms with van der Waals surface area (Å²) in [5.41, 5.74) is 0.652. The highest BCUT2D eigenvalue weighted by atomic mass is 16.6. The number of amides is 3. The van der Waals surface area contributed by atoms with E-state index in [1.165, 1.54) is 17.0 Å². The summed E-state index contributed by atoms with van der Waals surface area (Å²) in [5.74, 6) is -1.17. The quantitative estimate of drug-likeness (QED) is 0.493. The van der Waals surface area contributed by atoms with Crippen LogP contribution >= 0.6 is 0 Å². The number of hydrogen-bond acceptors (Lipinski definition) is 5. The van der Waals surface area contributed by atoms with E-state index in [9.17, 15) is 24.5 Å². The largest absolute Gasteiger partial charge is 0.326 e. The van der Waals surface area contributed by atoms with Crippen LogP contribution in [0, 0.1) is 28.9 Å². The van der Waals surface area contributed by atoms with Gasteiger partial charge in [-0.2, -0.15) is 0 Å². The van der Waals surface area contributed by atoms with E-state index in [1.54, 1.807) is 13.0 Å². The lowest BCUT2D eigenvalue weighted by molar-refractivity contribution is -0.385. The maximum atomic E-state index is 12.4. The number of fused-ring (bicyclic) bond motifs is 1. The molecule has 2 atom stereocenters. The third kappa shape index (κ3) is 3.31. The molecule has 8 heteroatoms. The Balaban J connectivity index is 1.61. The molecular formula is C18H21N3O5. The molecular weight excluding hydrogens is 338 g/mol. The molecule has 3 rings (SSSR count). The third-order valence-corrected chi connectivity index (χ3v) is 5.27. The lowest BCUT2D eigenvalue weighted by Gasteiger charge is -2.19. The molecule has 1 N–H and O–H groups in total. The van der Waals surface area contributed by atoms with Gasteiger partial charge in [0, 0.05) is 19.0 Å². The fourth-order valence-electron chi connectivity index (χ4n) is 3.83. The van der Waals surface area contributed by atoms with Gasteiger partial charge in [-0.25, -0.2) is 0 Å². The fraction of sp³-hybridized carbons (Fsp3) is 0.500. The predicted molar refractivity (Wildman–Crippen MR) is 93.2 cm³/mol. The van der Waals surface area contributed by atoms with Crippen molar-refractivity contribution in [2.45, 2.75) is 39.0 Å². The molecule has 1 saturated carbocycles. The molecule has 138 valence electrons. The van der Waals surface area contributed by atoms with Crippen LogP contribution in [0.25, 0.3) is 0 Å². The van der Waals surface area contributed by atoms with Gasteiger partial charge in [-0.15, -0.1) is 0 Å². The molecule has 1 aliphatic heterocycles. The van der Waals surface area contributed by atoms with Crippen LogP contribution in [0.4, 0.5) is 11.4 Å². The third-order valence-electron chi connectivity index (χ3n) is 5.27. The van der Waals surface area contributed by atoms with E-state index in [-0.39, 0.29) is 48.2 Å². The molecule has 1 aromatic rings. The number of nitrogens with zero attached hydrogens (tertiary/aromatic N) is 2. The second-order valence-electron chi connectivity index (χ2n) is 6.83. The fourth-order valence-corrected chi connectivity index (χ4v) is 3.83. The highest BCUT2D eigenvalue weighted by Gasteiger charge is 2.47. The molecule has 1 saturated heterocycles. The summed E-state index contributed by atoms with van der Waals surface area (Å²) in [6, 6.07) is 4.45. The summed E-state index contributed by atoms with van der Waals surface area (Å²) in [4.78, 5) is 48.7. The summed E-state index contributed by atoms with van der Waals surface area (Å²) in [7, 11) is 0. The number of imide groups is 1. The normalized spacial score (nSPS) is 22.3. The Hall–Kier alpha value is -2.77. The van der Waals surface area contributed by atoms with Crippen molar-refractivity contribution >= 4 is 29.1 Å². The van der Waals surface area contributed by atoms with Crippen LogP contribution in [-0.4, -0.2) is 34.1 Å². The maximum Gasteiger partial charge on any atom is 0.274 e. The van der Waals surface area contributed by atoms with Gasteiger partial charge in [-0.3, -0.25) is 29.4 Å². The molecule has 1 aromatic carbocycles. The van der Waals surface area contributed by atoms with Crippen LogP contribution in [-0.2, 0) is 14.4 Å². The zero-order valence-corrected chi connectivity index (χ0v) is 14.6. The lowest BCUT2D eigenvalue weighted by atomic mass is 9.81. The summed E-state index contributed by atoms with van der Waals surface area (Å²) in [6.07, 6.45) is 3.37. The molecule has 8 nitrogen and oxygen atoms in total. The highest BCUT2D eigenvalue weighted by molar-refractivity contribution is 6.05. The van der Waals surface area contributed by atoms with Gasteiger partial charge in [0.1, 0.15) is 0 Å². The van der Waals surface area contributed by atoms with Crippen molar-refractivity contribution in [3.8, 4) is 0 Å². The Labute approximate surface area is 150 Å². The Morgan fingerprint density at radius 2 is 1.85 bits per heavy atom. The lowest BCUT2D eigenvalue weighted by Crippen LogP contribution is -2.34. The maximum absolute atomic E-state index is 12.4. The van der Waals surface area contributed by atoms with Crippen LogP contribution in [0.5, 0.6) is 0 Å². The van der Waals surface area contributed by atoms with E-state index in [2.05, 4.69) is 5.32 Å². The molecule has 0 radical (unpaired) electrons. The Morgan fingerprint density at radius 1 is 1.23 bits per heavy atom. The Kier molecular flexibility index (Phi) is 5.01. The SMILES string of the molecule is Cc1c(NC(=O)CCN2C(=O)[C@H]3CCCC[C@@H]3C2=O)cccc1[N+](=O)[O-]. The van der Waals surface area contributed by atoms with Crippen LogP contribution in [0.15, 0.2) is 18.2 Å². The highest BCUT2D eigenvalue weighted by Crippen LogP contribution is 2.38. The minimum Gasteiger partial charge on any atom is -0.326 e. The van der Waals surface area contributed by atoms with Crippen LogP contribution in [0.3, 0.4) is 0 Å². The first-order valence-electron chi connectivity index (χ1n) is 8.79. The number of nitro benzene ring substituents is 1. The molecule has 0 bridgehead atoms. The van der Waals surface area contributed by atoms with Gasteiger partial charge < -0.3 is 5.32 Å². The number of hydrogen-bond donors (Lipinski definition) is 1. The number of nitrogens with one attached hydrogen (secondary N) is 1. The van der Waals surface area contributed by atoms with E-state index in [0.29, 0.717) is 11.3 Å². The molecule has 1 heterocycles. The first-order valence-corrected chi connectivity index (χ1v) is 8.79. The smallest absolute Gasteiger partial charge is 0.274 e. The number of anilines is 1. The Morgan fingerprint density at radius 3 is 2.42 bits per heavy atom. The molecule has 2 fully saturated rings. The average Bonchev–Trinajstić information content (AvgIpc) is 2.86. The van der Waals surface area contributed by atoms with Crippen molar-refractivity contribution in [3.05, 3.63) is 33.9 Å². The monoisotopic (exact) mass is 359 g/mol. The number of benzene rings is 1. The van der Waals surface area contributed by atoms with Gasteiger partial charge in [0.2, 0.25) is 17.7 Å². The first-order chi connectivity index (χ1) is 12.4. The van der Waals surface area contributed by atoms with Gasteiger partial charge in [0.05, 0.1) is 28.0 Å². The van der Waals surface area contributed by atoms with Crippen LogP contribution in [0.1, 0.15) is 37.7 Å². The predicted octanol–water partition coefficient (Wildman–Crippen LogP) is 2.41. The summed E-state index contributed by atoms with van der Waals surface area (Å²) in [5, 5.41) is 13.6. The van der Waals surface area contributed by atoms with Crippen molar-refractivity contribution in [2.75, 3.05) is 11.9 Å². The van der Waals surface area contributed by atoms with Gasteiger partial charge in [-0.1, -0.05) is 18.9 Å². The zero-order chi connectivity index (χ0) is 18.8. The second-order valence-corrected chi connectivity index (χ2v) is 6.83.